The van der Waals surface area contributed by atoms with Crippen LogP contribution in [-0.4, -0.2) is 10.7 Å². The van der Waals surface area contributed by atoms with E-state index in [0.29, 0.717) is 0 Å². The second kappa shape index (κ2) is 8.87. The Morgan fingerprint density at radius 3 is 2.77 bits per heavy atom. The van der Waals surface area contributed by atoms with Gasteiger partial charge in [0.1, 0.15) is 0 Å². The van der Waals surface area contributed by atoms with E-state index in [1.54, 1.807) is 6.08 Å². The molecule has 1 aromatic heterocycles. The predicted molar refractivity (Wildman–Crippen MR) is 130 cm³/mol. The van der Waals surface area contributed by atoms with Crippen molar-refractivity contribution in [1.82, 2.24) is 4.98 Å². The Labute approximate surface area is 178 Å². The zero-order valence-electron chi connectivity index (χ0n) is 17.6. The van der Waals surface area contributed by atoms with Crippen molar-refractivity contribution in [3.05, 3.63) is 108 Å². The topological polar surface area (TPSA) is 25.2 Å². The van der Waals surface area contributed by atoms with Crippen LogP contribution in [0.4, 0.5) is 5.69 Å². The van der Waals surface area contributed by atoms with Crippen LogP contribution in [0, 0.1) is 6.92 Å². The number of nitrogens with zero attached hydrogens (tertiary/aromatic N) is 2. The van der Waals surface area contributed by atoms with Crippen molar-refractivity contribution >= 4 is 22.3 Å². The molecule has 0 atom stereocenters. The molecule has 0 saturated heterocycles. The first-order valence-corrected chi connectivity index (χ1v) is 10.3. The van der Waals surface area contributed by atoms with Gasteiger partial charge in [0, 0.05) is 16.8 Å². The molecule has 0 radical (unpaired) electrons. The molecule has 2 heteroatoms. The fourth-order valence-electron chi connectivity index (χ4n) is 3.75. The Kier molecular flexibility index (Phi) is 5.85. The lowest BCUT2D eigenvalue weighted by Gasteiger charge is -2.14. The maximum atomic E-state index is 4.94. The van der Waals surface area contributed by atoms with E-state index in [9.17, 15) is 0 Å². The van der Waals surface area contributed by atoms with Crippen LogP contribution in [0.5, 0.6) is 0 Å². The van der Waals surface area contributed by atoms with E-state index in [2.05, 4.69) is 79.4 Å². The van der Waals surface area contributed by atoms with E-state index >= 15 is 0 Å². The normalized spacial score (nSPS) is 13.9. The fourth-order valence-corrected chi connectivity index (χ4v) is 3.75. The first-order valence-electron chi connectivity index (χ1n) is 10.3. The fraction of sp³-hybridized carbons (Fsp3) is 0.143. The van der Waals surface area contributed by atoms with Gasteiger partial charge < -0.3 is 0 Å². The van der Waals surface area contributed by atoms with E-state index in [4.69, 9.17) is 9.98 Å². The van der Waals surface area contributed by atoms with Gasteiger partial charge in [-0.05, 0) is 61.1 Å². The first kappa shape index (κ1) is 19.8. The van der Waals surface area contributed by atoms with Crippen molar-refractivity contribution in [2.24, 2.45) is 4.99 Å². The number of aromatic nitrogens is 1. The zero-order chi connectivity index (χ0) is 20.9. The van der Waals surface area contributed by atoms with Crippen LogP contribution in [0.3, 0.4) is 0 Å². The average Bonchev–Trinajstić information content (AvgIpc) is 3.04. The Hall–Kier alpha value is -3.52. The van der Waals surface area contributed by atoms with E-state index in [1.807, 2.05) is 19.9 Å². The highest BCUT2D eigenvalue weighted by Gasteiger charge is 2.14. The summed E-state index contributed by atoms with van der Waals surface area (Å²) in [5.74, 6) is 0. The van der Waals surface area contributed by atoms with E-state index in [1.165, 1.54) is 22.3 Å². The van der Waals surface area contributed by atoms with Crippen molar-refractivity contribution in [3.63, 3.8) is 0 Å². The summed E-state index contributed by atoms with van der Waals surface area (Å²) in [7, 11) is 0. The number of hydrogen-bond donors (Lipinski definition) is 0. The lowest BCUT2D eigenvalue weighted by atomic mass is 9.95. The summed E-state index contributed by atoms with van der Waals surface area (Å²) in [5.41, 5.74) is 8.58. The molecule has 3 aromatic rings. The molecule has 0 saturated carbocycles. The van der Waals surface area contributed by atoms with Gasteiger partial charge in [0.25, 0.3) is 0 Å². The average molecular weight is 391 g/mol. The number of fused-ring (bicyclic) bond motifs is 1. The van der Waals surface area contributed by atoms with Gasteiger partial charge in [-0.1, -0.05) is 79.4 Å². The number of pyridine rings is 1. The molecule has 0 spiro atoms. The minimum atomic E-state index is 0.816. The van der Waals surface area contributed by atoms with E-state index in [0.717, 1.165) is 40.8 Å². The Morgan fingerprint density at radius 1 is 1.13 bits per heavy atom. The lowest BCUT2D eigenvalue weighted by molar-refractivity contribution is 1.18. The monoisotopic (exact) mass is 390 g/mol. The summed E-state index contributed by atoms with van der Waals surface area (Å²) in [6.45, 7) is 7.93. The summed E-state index contributed by atoms with van der Waals surface area (Å²) in [6, 6.07) is 17.0. The number of aliphatic imine (C=N–C) groups is 1. The lowest BCUT2D eigenvalue weighted by Crippen LogP contribution is -1.96. The van der Waals surface area contributed by atoms with Crippen molar-refractivity contribution in [1.29, 1.82) is 0 Å². The highest BCUT2D eigenvalue weighted by atomic mass is 14.8. The van der Waals surface area contributed by atoms with E-state index < -0.39 is 0 Å². The second-order valence-electron chi connectivity index (χ2n) is 7.59. The molecule has 2 nitrogen and oxygen atoms in total. The molecule has 2 aromatic carbocycles. The van der Waals surface area contributed by atoms with Gasteiger partial charge in [0.15, 0.2) is 0 Å². The summed E-state index contributed by atoms with van der Waals surface area (Å²) in [6.07, 6.45) is 14.5. The molecule has 1 heterocycles. The number of rotatable bonds is 5. The van der Waals surface area contributed by atoms with Crippen LogP contribution >= 0.6 is 0 Å². The maximum Gasteiger partial charge on any atom is 0.0970 e. The van der Waals surface area contributed by atoms with Gasteiger partial charge in [-0.3, -0.25) is 9.98 Å². The minimum Gasteiger partial charge on any atom is -0.251 e. The molecule has 30 heavy (non-hydrogen) atoms. The molecule has 148 valence electrons. The molecular formula is C28H26N2. The minimum absolute atomic E-state index is 0.816. The maximum absolute atomic E-state index is 4.94. The number of hydrogen-bond acceptors (Lipinski definition) is 2. The van der Waals surface area contributed by atoms with Gasteiger partial charge in [0.2, 0.25) is 0 Å². The van der Waals surface area contributed by atoms with Crippen LogP contribution in [0.1, 0.15) is 24.6 Å². The molecular weight excluding hydrogens is 364 g/mol. The number of allylic oxidation sites excluding steroid dienone is 7. The van der Waals surface area contributed by atoms with Gasteiger partial charge in [-0.2, -0.15) is 0 Å². The predicted octanol–water partition coefficient (Wildman–Crippen LogP) is 7.47. The van der Waals surface area contributed by atoms with Crippen molar-refractivity contribution < 1.29 is 0 Å². The molecule has 1 aliphatic rings. The second-order valence-corrected chi connectivity index (χ2v) is 7.59. The third kappa shape index (κ3) is 4.23. The molecule has 0 fully saturated rings. The summed E-state index contributed by atoms with van der Waals surface area (Å²) < 4.78 is 0. The smallest absolute Gasteiger partial charge is 0.0970 e. The molecule has 0 unspecified atom stereocenters. The quantitative estimate of drug-likeness (QED) is 0.415. The molecule has 1 aliphatic carbocycles. The molecule has 0 aliphatic heterocycles. The Balaban J connectivity index is 1.95. The third-order valence-electron chi connectivity index (χ3n) is 5.28. The zero-order valence-corrected chi connectivity index (χ0v) is 17.6. The first-order chi connectivity index (χ1) is 14.7. The SMILES string of the molecule is C=CC(C)=Nc1c(CC2=CC=CCC=C2)ccc2c(-c3ccccc3)cc(C)nc12. The van der Waals surface area contributed by atoms with Crippen molar-refractivity contribution in [2.75, 3.05) is 0 Å². The highest BCUT2D eigenvalue weighted by molar-refractivity contribution is 6.04. The molecule has 4 rings (SSSR count). The molecule has 0 amide bonds. The van der Waals surface area contributed by atoms with Gasteiger partial charge in [-0.25, -0.2) is 0 Å². The van der Waals surface area contributed by atoms with Gasteiger partial charge in [-0.15, -0.1) is 0 Å². The largest absolute Gasteiger partial charge is 0.251 e. The van der Waals surface area contributed by atoms with Crippen LogP contribution in [0.25, 0.3) is 22.0 Å². The van der Waals surface area contributed by atoms with Gasteiger partial charge in [0.05, 0.1) is 11.2 Å². The standard InChI is InChI=1S/C28H26N2/c1-4-20(2)29-27-24(19-22-12-8-5-6-9-13-22)16-17-25-26(18-21(3)30-28(25)27)23-14-10-7-11-15-23/h4-5,7-18H,1,6,19H2,2-3H3. The van der Waals surface area contributed by atoms with Crippen LogP contribution in [0.2, 0.25) is 0 Å². The summed E-state index contributed by atoms with van der Waals surface area (Å²) in [4.78, 5) is 9.87. The van der Waals surface area contributed by atoms with Crippen LogP contribution in [-0.2, 0) is 6.42 Å². The summed E-state index contributed by atoms with van der Waals surface area (Å²) >= 11 is 0. The summed E-state index contributed by atoms with van der Waals surface area (Å²) in [5, 5.41) is 1.12. The van der Waals surface area contributed by atoms with Gasteiger partial charge >= 0.3 is 0 Å². The van der Waals surface area contributed by atoms with Crippen LogP contribution < -0.4 is 0 Å². The molecule has 0 bridgehead atoms. The number of benzene rings is 2. The highest BCUT2D eigenvalue weighted by Crippen LogP contribution is 2.37. The Bertz CT molecular complexity index is 1210. The Morgan fingerprint density at radius 2 is 1.97 bits per heavy atom. The van der Waals surface area contributed by atoms with E-state index in [-0.39, 0.29) is 0 Å². The van der Waals surface area contributed by atoms with Crippen molar-refractivity contribution in [3.8, 4) is 11.1 Å². The van der Waals surface area contributed by atoms with Crippen LogP contribution in [0.15, 0.2) is 102 Å². The molecule has 0 N–H and O–H groups in total. The van der Waals surface area contributed by atoms with Crippen molar-refractivity contribution in [2.45, 2.75) is 26.7 Å². The third-order valence-corrected chi connectivity index (χ3v) is 5.28. The number of aryl methyl sites for hydroxylation is 1.